The van der Waals surface area contributed by atoms with E-state index in [4.69, 9.17) is 16.6 Å². The Kier molecular flexibility index (Phi) is 5.38. The molecular weight excluding hydrogens is 464 g/mol. The summed E-state index contributed by atoms with van der Waals surface area (Å²) in [5, 5.41) is 14.0. The van der Waals surface area contributed by atoms with Crippen molar-refractivity contribution in [2.24, 2.45) is 18.9 Å². The van der Waals surface area contributed by atoms with E-state index in [9.17, 15) is 9.90 Å². The van der Waals surface area contributed by atoms with Crippen molar-refractivity contribution in [1.29, 1.82) is 0 Å². The SMILES string of the molecule is Cn1c(=O)n(CCC(C)(C)O)c2cc(Nc3nc(N4C5CC6CC(C5)CC4C6)ncc3Cl)ccc21. The Bertz CT molecular complexity index is 1310. The van der Waals surface area contributed by atoms with Crippen molar-refractivity contribution in [2.75, 3.05) is 10.2 Å². The van der Waals surface area contributed by atoms with Gasteiger partial charge in [0.2, 0.25) is 5.95 Å². The van der Waals surface area contributed by atoms with Crippen LogP contribution in [0.3, 0.4) is 0 Å². The number of aromatic nitrogens is 4. The van der Waals surface area contributed by atoms with Crippen molar-refractivity contribution in [3.05, 3.63) is 39.9 Å². The van der Waals surface area contributed by atoms with E-state index < -0.39 is 5.60 Å². The largest absolute Gasteiger partial charge is 0.390 e. The van der Waals surface area contributed by atoms with E-state index in [0.29, 0.717) is 35.9 Å². The molecule has 2 aromatic heterocycles. The number of nitrogens with zero attached hydrogens (tertiary/aromatic N) is 5. The van der Waals surface area contributed by atoms with E-state index in [-0.39, 0.29) is 5.69 Å². The van der Waals surface area contributed by atoms with Gasteiger partial charge in [0.05, 0.1) is 22.8 Å². The maximum absolute atomic E-state index is 12.8. The summed E-state index contributed by atoms with van der Waals surface area (Å²) in [6, 6.07) is 6.88. The maximum Gasteiger partial charge on any atom is 0.328 e. The molecule has 4 bridgehead atoms. The van der Waals surface area contributed by atoms with E-state index in [1.54, 1.807) is 36.2 Å². The molecular formula is C26H33ClN6O2. The van der Waals surface area contributed by atoms with Gasteiger partial charge in [-0.15, -0.1) is 0 Å². The number of imidazole rings is 1. The van der Waals surface area contributed by atoms with Gasteiger partial charge in [0.15, 0.2) is 5.82 Å². The lowest BCUT2D eigenvalue weighted by Gasteiger charge is -2.56. The molecule has 3 aromatic rings. The summed E-state index contributed by atoms with van der Waals surface area (Å²) in [4.78, 5) is 24.8. The van der Waals surface area contributed by atoms with Gasteiger partial charge in [-0.25, -0.2) is 9.78 Å². The van der Waals surface area contributed by atoms with Crippen LogP contribution >= 0.6 is 11.6 Å². The third-order valence-corrected chi connectivity index (χ3v) is 8.47. The topological polar surface area (TPSA) is 88.2 Å². The third-order valence-electron chi connectivity index (χ3n) is 8.19. The minimum atomic E-state index is -0.852. The number of aryl methyl sites for hydroxylation is 2. The van der Waals surface area contributed by atoms with Crippen LogP contribution in [-0.4, -0.2) is 41.9 Å². The number of piperidine rings is 2. The first-order valence-electron chi connectivity index (χ1n) is 12.7. The van der Waals surface area contributed by atoms with Crippen molar-refractivity contribution in [3.8, 4) is 0 Å². The molecule has 2 aliphatic carbocycles. The van der Waals surface area contributed by atoms with Crippen molar-refractivity contribution < 1.29 is 5.11 Å². The second-order valence-electron chi connectivity index (χ2n) is 11.4. The van der Waals surface area contributed by atoms with Crippen LogP contribution in [0.1, 0.15) is 52.4 Å². The Morgan fingerprint density at radius 1 is 1.11 bits per heavy atom. The summed E-state index contributed by atoms with van der Waals surface area (Å²) < 4.78 is 3.35. The number of benzene rings is 1. The van der Waals surface area contributed by atoms with Crippen LogP contribution in [0, 0.1) is 11.8 Å². The number of rotatable bonds is 6. The molecule has 2 saturated carbocycles. The van der Waals surface area contributed by atoms with Gasteiger partial charge in [-0.3, -0.25) is 9.13 Å². The van der Waals surface area contributed by atoms with Gasteiger partial charge in [0.1, 0.15) is 5.02 Å². The summed E-state index contributed by atoms with van der Waals surface area (Å²) >= 11 is 6.52. The Hall–Kier alpha value is -2.58. The molecule has 0 amide bonds. The fourth-order valence-corrected chi connectivity index (χ4v) is 6.79. The van der Waals surface area contributed by atoms with Crippen LogP contribution < -0.4 is 15.9 Å². The average molecular weight is 497 g/mol. The Morgan fingerprint density at radius 3 is 2.46 bits per heavy atom. The molecule has 1 aromatic carbocycles. The number of hydrogen-bond donors (Lipinski definition) is 2. The zero-order valence-corrected chi connectivity index (χ0v) is 21.3. The monoisotopic (exact) mass is 496 g/mol. The predicted molar refractivity (Wildman–Crippen MR) is 139 cm³/mol. The quantitative estimate of drug-likeness (QED) is 0.524. The molecule has 4 fully saturated rings. The molecule has 4 heterocycles. The molecule has 0 atom stereocenters. The molecule has 0 unspecified atom stereocenters. The molecule has 2 N–H and O–H groups in total. The van der Waals surface area contributed by atoms with Gasteiger partial charge in [-0.05, 0) is 82.4 Å². The van der Waals surface area contributed by atoms with Gasteiger partial charge < -0.3 is 15.3 Å². The first-order valence-corrected chi connectivity index (χ1v) is 13.0. The smallest absolute Gasteiger partial charge is 0.328 e. The summed E-state index contributed by atoms with van der Waals surface area (Å²) in [6.07, 6.45) is 8.55. The minimum absolute atomic E-state index is 0.0987. The van der Waals surface area contributed by atoms with Crippen molar-refractivity contribution in [3.63, 3.8) is 0 Å². The summed E-state index contributed by atoms with van der Waals surface area (Å²) in [5.74, 6) is 3.07. The minimum Gasteiger partial charge on any atom is -0.390 e. The number of aliphatic hydroxyl groups is 1. The third kappa shape index (κ3) is 4.10. The highest BCUT2D eigenvalue weighted by atomic mass is 35.5. The first kappa shape index (κ1) is 22.9. The zero-order valence-electron chi connectivity index (χ0n) is 20.5. The Morgan fingerprint density at radius 2 is 1.80 bits per heavy atom. The van der Waals surface area contributed by atoms with Gasteiger partial charge in [-0.1, -0.05) is 11.6 Å². The highest BCUT2D eigenvalue weighted by Crippen LogP contribution is 2.50. The normalized spacial score (nSPS) is 25.6. The molecule has 35 heavy (non-hydrogen) atoms. The lowest BCUT2D eigenvalue weighted by molar-refractivity contribution is 0.0662. The molecule has 186 valence electrons. The van der Waals surface area contributed by atoms with Gasteiger partial charge in [-0.2, -0.15) is 4.98 Å². The van der Waals surface area contributed by atoms with Crippen LogP contribution in [0.25, 0.3) is 11.0 Å². The van der Waals surface area contributed by atoms with Crippen LogP contribution in [0.2, 0.25) is 5.02 Å². The lowest BCUT2D eigenvalue weighted by Crippen LogP contribution is -2.58. The molecule has 0 spiro atoms. The number of hydrogen-bond acceptors (Lipinski definition) is 6. The maximum atomic E-state index is 12.8. The van der Waals surface area contributed by atoms with Crippen LogP contribution in [0.5, 0.6) is 0 Å². The second-order valence-corrected chi connectivity index (χ2v) is 11.8. The molecule has 0 radical (unpaired) electrons. The van der Waals surface area contributed by atoms with Gasteiger partial charge >= 0.3 is 5.69 Å². The fourth-order valence-electron chi connectivity index (χ4n) is 6.66. The molecule has 8 nitrogen and oxygen atoms in total. The standard InChI is InChI=1S/C26H33ClN6O2/c1-26(2,35)6-7-32-22-13-17(4-5-21(22)31(3)25(32)34)29-23-20(27)14-28-24(30-23)33-18-9-15-8-16(11-18)12-19(33)10-15/h4-5,13-16,18-19,35H,6-12H2,1-3H3,(H,28,29,30). The van der Waals surface area contributed by atoms with Crippen LogP contribution in [0.4, 0.5) is 17.5 Å². The van der Waals surface area contributed by atoms with Gasteiger partial charge in [0, 0.05) is 31.4 Å². The summed E-state index contributed by atoms with van der Waals surface area (Å²) in [5.41, 5.74) is 1.49. The Balaban J connectivity index is 1.30. The molecule has 9 heteroatoms. The lowest BCUT2D eigenvalue weighted by atomic mass is 9.64. The number of halogens is 1. The second kappa shape index (κ2) is 8.23. The van der Waals surface area contributed by atoms with E-state index in [0.717, 1.165) is 34.5 Å². The molecule has 2 aliphatic heterocycles. The molecule has 4 aliphatic rings. The molecule has 7 rings (SSSR count). The van der Waals surface area contributed by atoms with Crippen LogP contribution in [-0.2, 0) is 13.6 Å². The van der Waals surface area contributed by atoms with Crippen LogP contribution in [0.15, 0.2) is 29.2 Å². The summed E-state index contributed by atoms with van der Waals surface area (Å²) in [6.45, 7) is 3.94. The highest BCUT2D eigenvalue weighted by molar-refractivity contribution is 6.32. The number of anilines is 3. The van der Waals surface area contributed by atoms with E-state index in [1.807, 2.05) is 18.2 Å². The first-order chi connectivity index (χ1) is 16.7. The van der Waals surface area contributed by atoms with E-state index in [2.05, 4.69) is 15.2 Å². The number of fused-ring (bicyclic) bond motifs is 1. The number of nitrogens with one attached hydrogen (secondary N) is 1. The van der Waals surface area contributed by atoms with E-state index in [1.165, 1.54) is 32.1 Å². The average Bonchev–Trinajstić information content (AvgIpc) is 3.02. The molecule has 2 saturated heterocycles. The predicted octanol–water partition coefficient (Wildman–Crippen LogP) is 4.46. The zero-order chi connectivity index (χ0) is 24.5. The van der Waals surface area contributed by atoms with Gasteiger partial charge in [0.25, 0.3) is 0 Å². The Labute approximate surface area is 209 Å². The van der Waals surface area contributed by atoms with Crippen molar-refractivity contribution in [1.82, 2.24) is 19.1 Å². The fraction of sp³-hybridized carbons (Fsp3) is 0.577. The summed E-state index contributed by atoms with van der Waals surface area (Å²) in [7, 11) is 1.77. The van der Waals surface area contributed by atoms with Crippen molar-refractivity contribution >= 4 is 40.1 Å². The highest BCUT2D eigenvalue weighted by Gasteiger charge is 2.47. The van der Waals surface area contributed by atoms with Crippen molar-refractivity contribution in [2.45, 2.75) is 76.6 Å². The van der Waals surface area contributed by atoms with E-state index >= 15 is 0 Å².